The number of rotatable bonds is 2. The first-order valence-electron chi connectivity index (χ1n) is 23.7. The van der Waals surface area contributed by atoms with Crippen LogP contribution < -0.4 is 0 Å². The van der Waals surface area contributed by atoms with Crippen molar-refractivity contribution in [3.05, 3.63) is 177 Å². The average Bonchev–Trinajstić information content (AvgIpc) is 4.31. The summed E-state index contributed by atoms with van der Waals surface area (Å²) in [5.74, 6) is 0. The van der Waals surface area contributed by atoms with E-state index in [1.807, 2.05) is 71.1 Å². The quantitative estimate of drug-likeness (QED) is 0.160. The molecular weight excluding hydrogens is 943 g/mol. The highest BCUT2D eigenvalue weighted by molar-refractivity contribution is 7.27. The van der Waals surface area contributed by atoms with E-state index in [1.165, 1.54) is 60.5 Å². The zero-order valence-electron chi connectivity index (χ0n) is 37.5. The van der Waals surface area contributed by atoms with E-state index in [9.17, 15) is 0 Å². The Balaban J connectivity index is 0.891. The summed E-state index contributed by atoms with van der Waals surface area (Å²) in [6.45, 7) is 0. The van der Waals surface area contributed by atoms with Crippen LogP contribution in [0.25, 0.3) is 165 Å². The van der Waals surface area contributed by atoms with Crippen molar-refractivity contribution >= 4 is 177 Å². The van der Waals surface area contributed by atoms with E-state index < -0.39 is 0 Å². The highest BCUT2D eigenvalue weighted by atomic mass is 32.1. The molecule has 0 amide bonds. The third-order valence-electron chi connectivity index (χ3n) is 15.0. The van der Waals surface area contributed by atoms with Crippen molar-refractivity contribution in [1.29, 1.82) is 0 Å². The molecule has 0 unspecified atom stereocenters. The van der Waals surface area contributed by atoms with Crippen LogP contribution in [0.2, 0.25) is 0 Å². The molecule has 6 aromatic carbocycles. The molecule has 9 nitrogen and oxygen atoms in total. The van der Waals surface area contributed by atoms with Gasteiger partial charge in [-0.3, -0.25) is 28.2 Å². The number of nitrogens with zero attached hydrogens (tertiary/aromatic N) is 9. The van der Waals surface area contributed by atoms with Crippen LogP contribution in [0.15, 0.2) is 177 Å². The maximum Gasteiger partial charge on any atom is 0.164 e. The molecule has 12 heterocycles. The molecule has 0 N–H and O–H groups in total. The van der Waals surface area contributed by atoms with Gasteiger partial charge in [0, 0.05) is 136 Å². The van der Waals surface area contributed by atoms with E-state index in [2.05, 4.69) is 153 Å². The van der Waals surface area contributed by atoms with Crippen molar-refractivity contribution in [2.45, 2.75) is 0 Å². The zero-order chi connectivity index (χ0) is 46.5. The fourth-order valence-corrected chi connectivity index (χ4v) is 15.3. The Hall–Kier alpha value is -8.94. The summed E-state index contributed by atoms with van der Waals surface area (Å²) in [6.07, 6.45) is 13.9. The fourth-order valence-electron chi connectivity index (χ4n) is 11.8. The number of fused-ring (bicyclic) bond motifs is 28. The summed E-state index contributed by atoms with van der Waals surface area (Å²) in [6, 6.07) is 48.7. The molecule has 0 saturated carbocycles. The molecule has 0 bridgehead atoms. The number of aromatic nitrogens is 9. The lowest BCUT2D eigenvalue weighted by molar-refractivity contribution is 1.24. The van der Waals surface area contributed by atoms with Crippen LogP contribution in [-0.2, 0) is 0 Å². The Bertz CT molecular complexity index is 5500. The van der Waals surface area contributed by atoms with E-state index >= 15 is 0 Å². The van der Waals surface area contributed by atoms with Crippen molar-refractivity contribution < 1.29 is 0 Å². The Morgan fingerprint density at radius 1 is 0.375 bits per heavy atom. The van der Waals surface area contributed by atoms with E-state index in [1.54, 1.807) is 0 Å². The van der Waals surface area contributed by atoms with Crippen LogP contribution in [0.1, 0.15) is 0 Å². The Labute approximate surface area is 416 Å². The van der Waals surface area contributed by atoms with Crippen molar-refractivity contribution in [2.75, 3.05) is 0 Å². The van der Waals surface area contributed by atoms with Crippen molar-refractivity contribution in [3.63, 3.8) is 0 Å². The van der Waals surface area contributed by atoms with Gasteiger partial charge in [-0.25, -0.2) is 15.0 Å². The van der Waals surface area contributed by atoms with Crippen LogP contribution in [0.4, 0.5) is 0 Å². The van der Waals surface area contributed by atoms with Gasteiger partial charge in [0.2, 0.25) is 0 Å². The number of hydrogen-bond acceptors (Lipinski definition) is 9. The molecule has 0 spiro atoms. The van der Waals surface area contributed by atoms with E-state index in [0.29, 0.717) is 0 Å². The highest BCUT2D eigenvalue weighted by Gasteiger charge is 2.23. The molecule has 18 aromatic rings. The van der Waals surface area contributed by atoms with Crippen LogP contribution in [0.3, 0.4) is 0 Å². The number of thiophene rings is 3. The second kappa shape index (κ2) is 13.5. The van der Waals surface area contributed by atoms with E-state index in [-0.39, 0.29) is 0 Å². The van der Waals surface area contributed by atoms with Gasteiger partial charge >= 0.3 is 0 Å². The first-order valence-corrected chi connectivity index (χ1v) is 26.2. The molecule has 0 radical (unpaired) electrons. The van der Waals surface area contributed by atoms with Gasteiger partial charge in [-0.1, -0.05) is 72.8 Å². The summed E-state index contributed by atoms with van der Waals surface area (Å²) in [7, 11) is 0. The topological polar surface area (TPSA) is 90.6 Å². The minimum absolute atomic E-state index is 0.780. The lowest BCUT2D eigenvalue weighted by atomic mass is 10.0. The number of pyridine rings is 6. The maximum atomic E-state index is 5.38. The van der Waals surface area contributed by atoms with Gasteiger partial charge in [-0.15, -0.1) is 34.0 Å². The molecule has 0 aliphatic carbocycles. The van der Waals surface area contributed by atoms with Gasteiger partial charge in [-0.05, 0) is 60.7 Å². The van der Waals surface area contributed by atoms with Crippen molar-refractivity contribution in [3.8, 4) is 22.5 Å². The van der Waals surface area contributed by atoms with Crippen LogP contribution in [-0.4, -0.2) is 43.1 Å². The smallest absolute Gasteiger partial charge is 0.164 e. The largest absolute Gasteiger partial charge is 0.297 e. The number of benzene rings is 6. The summed E-state index contributed by atoms with van der Waals surface area (Å²) >= 11 is 5.48. The molecule has 0 aliphatic rings. The summed E-state index contributed by atoms with van der Waals surface area (Å²) in [5.41, 5.74) is 11.9. The van der Waals surface area contributed by atoms with Crippen molar-refractivity contribution in [2.24, 2.45) is 0 Å². The number of hydrogen-bond donors (Lipinski definition) is 0. The van der Waals surface area contributed by atoms with Gasteiger partial charge in [0.1, 0.15) is 16.6 Å². The average molecular weight is 972 g/mol. The lowest BCUT2D eigenvalue weighted by Crippen LogP contribution is -1.97. The summed E-state index contributed by atoms with van der Waals surface area (Å²) in [5, 5.41) is 14.0. The monoisotopic (exact) mass is 971 g/mol. The molecule has 18 rings (SSSR count). The first-order chi connectivity index (χ1) is 35.7. The van der Waals surface area contributed by atoms with E-state index in [4.69, 9.17) is 29.9 Å². The van der Waals surface area contributed by atoms with Gasteiger partial charge in [0.05, 0.1) is 38.8 Å². The van der Waals surface area contributed by atoms with Crippen LogP contribution in [0.5, 0.6) is 0 Å². The molecule has 0 saturated heterocycles. The lowest BCUT2D eigenvalue weighted by Gasteiger charge is -2.13. The van der Waals surface area contributed by atoms with E-state index in [0.717, 1.165) is 105 Å². The van der Waals surface area contributed by atoms with Gasteiger partial charge < -0.3 is 0 Å². The van der Waals surface area contributed by atoms with Crippen LogP contribution in [0, 0.1) is 0 Å². The normalized spacial score (nSPS) is 12.7. The zero-order valence-corrected chi connectivity index (χ0v) is 39.9. The minimum Gasteiger partial charge on any atom is -0.297 e. The predicted molar refractivity (Wildman–Crippen MR) is 301 cm³/mol. The van der Waals surface area contributed by atoms with Gasteiger partial charge in [0.25, 0.3) is 0 Å². The Morgan fingerprint density at radius 2 is 1.03 bits per heavy atom. The molecule has 0 aliphatic heterocycles. The molecule has 332 valence electrons. The molecule has 72 heavy (non-hydrogen) atoms. The molecule has 12 heteroatoms. The third-order valence-corrected chi connectivity index (χ3v) is 18.5. The summed E-state index contributed by atoms with van der Waals surface area (Å²) < 4.78 is 14.2. The SMILES string of the molecule is c1ccc2c(c1)sc1cc3c(cc12)c1cccnc1c1nc(-c2cnc4c(c2)c2cc5sc6ccccc6c5cc2n2c(-c5cnc6c(c5)c5ccc7c8ccccc8sc7c5n5ccnc65)cnc42)cn31. The molecule has 12 aromatic heterocycles. The molecule has 0 fully saturated rings. The Kier molecular flexibility index (Phi) is 7.09. The maximum absolute atomic E-state index is 5.38. The molecule has 0 atom stereocenters. The predicted octanol–water partition coefficient (Wildman–Crippen LogP) is 16.2. The summed E-state index contributed by atoms with van der Waals surface area (Å²) in [4.78, 5) is 31.0. The van der Waals surface area contributed by atoms with Crippen LogP contribution >= 0.6 is 34.0 Å². The van der Waals surface area contributed by atoms with Gasteiger partial charge in [-0.2, -0.15) is 0 Å². The number of imidazole rings is 3. The fraction of sp³-hybridized carbons (Fsp3) is 0. The standard InChI is InChI=1S/C60H29N9S3/c1-6-14-50-32(8-1)37-16-15-36-42-21-31(27-64-54(42)58-62-18-19-67(58)56(36)57(37)72-50)47-28-65-59-55-43(39-24-51-41(23-46(39)69(47)59)34-10-3-5-13-49(34)70-51)20-30(26-63-55)44-29-68-45-25-52-40(33-9-2-4-12-48(33)71-52)22-38(45)35-11-7-17-61-53(35)60(68)66-44/h1-29H. The van der Waals surface area contributed by atoms with Crippen molar-refractivity contribution in [1.82, 2.24) is 43.1 Å². The first kappa shape index (κ1) is 37.9. The minimum atomic E-state index is 0.780. The second-order valence-corrected chi connectivity index (χ2v) is 22.0. The second-order valence-electron chi connectivity index (χ2n) is 18.7. The highest BCUT2D eigenvalue weighted by Crippen LogP contribution is 2.45. The third kappa shape index (κ3) is 4.85. The Morgan fingerprint density at radius 3 is 1.86 bits per heavy atom. The molecular formula is C60H29N9S3. The van der Waals surface area contributed by atoms with Gasteiger partial charge in [0.15, 0.2) is 16.9 Å².